The summed E-state index contributed by atoms with van der Waals surface area (Å²) >= 11 is 0. The van der Waals surface area contributed by atoms with Crippen molar-refractivity contribution in [1.29, 1.82) is 0 Å². The van der Waals surface area contributed by atoms with Gasteiger partial charge in [-0.25, -0.2) is 0 Å². The Morgan fingerprint density at radius 2 is 2.00 bits per heavy atom. The van der Waals surface area contributed by atoms with Crippen LogP contribution in [0.5, 0.6) is 0 Å². The summed E-state index contributed by atoms with van der Waals surface area (Å²) in [7, 11) is 0. The maximum Gasteiger partial charge on any atom is 0.0681 e. The minimum Gasteiger partial charge on any atom is -0.369 e. The highest BCUT2D eigenvalue weighted by Crippen LogP contribution is 2.46. The standard InChI is InChI=1S/C15H24N2O/c1-10-7-6-8-12(17-10)13(16)11-9-14(2,3)18-15(11,4)5/h6-8,11,13H,9,16H2,1-5H3. The van der Waals surface area contributed by atoms with E-state index in [0.29, 0.717) is 5.92 Å². The van der Waals surface area contributed by atoms with E-state index in [9.17, 15) is 0 Å². The van der Waals surface area contributed by atoms with Gasteiger partial charge in [0.05, 0.1) is 22.9 Å². The predicted molar refractivity (Wildman–Crippen MR) is 73.3 cm³/mol. The van der Waals surface area contributed by atoms with Gasteiger partial charge in [0.15, 0.2) is 0 Å². The molecule has 2 atom stereocenters. The quantitative estimate of drug-likeness (QED) is 0.875. The van der Waals surface area contributed by atoms with E-state index in [0.717, 1.165) is 17.8 Å². The minimum atomic E-state index is -0.200. The zero-order chi connectivity index (χ0) is 13.6. The third kappa shape index (κ3) is 2.57. The van der Waals surface area contributed by atoms with E-state index in [4.69, 9.17) is 10.5 Å². The zero-order valence-corrected chi connectivity index (χ0v) is 12.0. The van der Waals surface area contributed by atoms with Crippen LogP contribution in [-0.4, -0.2) is 16.2 Å². The molecule has 3 heteroatoms. The fourth-order valence-corrected chi connectivity index (χ4v) is 3.12. The molecule has 3 nitrogen and oxygen atoms in total. The van der Waals surface area contributed by atoms with Gasteiger partial charge in [-0.2, -0.15) is 0 Å². The van der Waals surface area contributed by atoms with Crippen molar-refractivity contribution in [3.8, 4) is 0 Å². The molecule has 0 aliphatic carbocycles. The summed E-state index contributed by atoms with van der Waals surface area (Å²) in [6.45, 7) is 10.5. The predicted octanol–water partition coefficient (Wildman–Crippen LogP) is 2.98. The number of hydrogen-bond acceptors (Lipinski definition) is 3. The molecule has 2 unspecified atom stereocenters. The molecule has 1 aromatic heterocycles. The first-order chi connectivity index (χ1) is 8.21. The molecule has 1 aromatic rings. The molecule has 0 aromatic carbocycles. The number of aromatic nitrogens is 1. The van der Waals surface area contributed by atoms with E-state index in [1.54, 1.807) is 0 Å². The number of hydrogen-bond donors (Lipinski definition) is 1. The van der Waals surface area contributed by atoms with Crippen LogP contribution in [0.2, 0.25) is 0 Å². The lowest BCUT2D eigenvalue weighted by atomic mass is 9.80. The SMILES string of the molecule is Cc1cccc(C(N)C2CC(C)(C)OC2(C)C)n1. The first-order valence-electron chi connectivity index (χ1n) is 6.61. The summed E-state index contributed by atoms with van der Waals surface area (Å²) in [6.07, 6.45) is 0.969. The van der Waals surface area contributed by atoms with Crippen molar-refractivity contribution < 1.29 is 4.74 Å². The van der Waals surface area contributed by atoms with Crippen molar-refractivity contribution in [2.75, 3.05) is 0 Å². The molecule has 100 valence electrons. The van der Waals surface area contributed by atoms with Gasteiger partial charge in [0.2, 0.25) is 0 Å². The van der Waals surface area contributed by atoms with Gasteiger partial charge in [0.25, 0.3) is 0 Å². The first kappa shape index (κ1) is 13.5. The molecule has 1 saturated heterocycles. The van der Waals surface area contributed by atoms with Gasteiger partial charge in [-0.15, -0.1) is 0 Å². The highest BCUT2D eigenvalue weighted by atomic mass is 16.5. The maximum absolute atomic E-state index is 6.42. The van der Waals surface area contributed by atoms with E-state index < -0.39 is 0 Å². The Morgan fingerprint density at radius 3 is 2.50 bits per heavy atom. The Hall–Kier alpha value is -0.930. The number of pyridine rings is 1. The van der Waals surface area contributed by atoms with Gasteiger partial charge in [0, 0.05) is 11.6 Å². The van der Waals surface area contributed by atoms with E-state index in [2.05, 4.69) is 32.7 Å². The number of nitrogens with zero attached hydrogens (tertiary/aromatic N) is 1. The van der Waals surface area contributed by atoms with E-state index in [1.165, 1.54) is 0 Å². The molecular weight excluding hydrogens is 224 g/mol. The molecule has 1 aliphatic rings. The van der Waals surface area contributed by atoms with Crippen molar-refractivity contribution in [2.24, 2.45) is 11.7 Å². The highest BCUT2D eigenvalue weighted by Gasteiger charge is 2.48. The molecule has 2 N–H and O–H groups in total. The van der Waals surface area contributed by atoms with Crippen LogP contribution in [0, 0.1) is 12.8 Å². The van der Waals surface area contributed by atoms with Crippen LogP contribution in [0.1, 0.15) is 51.5 Å². The number of aryl methyl sites for hydroxylation is 1. The second-order valence-corrected chi connectivity index (χ2v) is 6.51. The van der Waals surface area contributed by atoms with Crippen molar-refractivity contribution in [2.45, 2.75) is 58.3 Å². The van der Waals surface area contributed by atoms with Gasteiger partial charge in [-0.1, -0.05) is 6.07 Å². The normalized spacial score (nSPS) is 27.1. The summed E-state index contributed by atoms with van der Waals surface area (Å²) in [6, 6.07) is 5.96. The number of rotatable bonds is 2. The van der Waals surface area contributed by atoms with E-state index in [-0.39, 0.29) is 17.2 Å². The topological polar surface area (TPSA) is 48.1 Å². The molecule has 0 bridgehead atoms. The van der Waals surface area contributed by atoms with E-state index >= 15 is 0 Å². The lowest BCUT2D eigenvalue weighted by Gasteiger charge is -2.30. The molecule has 2 rings (SSSR count). The van der Waals surface area contributed by atoms with Gasteiger partial charge in [-0.3, -0.25) is 4.98 Å². The second kappa shape index (κ2) is 4.32. The third-order valence-corrected chi connectivity index (χ3v) is 3.83. The van der Waals surface area contributed by atoms with Crippen LogP contribution in [0.3, 0.4) is 0 Å². The summed E-state index contributed by atoms with van der Waals surface area (Å²) in [5.74, 6) is 0.293. The van der Waals surface area contributed by atoms with Crippen LogP contribution < -0.4 is 5.73 Å². The minimum absolute atomic E-state index is 0.0679. The molecule has 0 amide bonds. The number of nitrogens with two attached hydrogens (primary N) is 1. The molecule has 0 saturated carbocycles. The fraction of sp³-hybridized carbons (Fsp3) is 0.667. The fourth-order valence-electron chi connectivity index (χ4n) is 3.12. The maximum atomic E-state index is 6.42. The Kier molecular flexibility index (Phi) is 3.24. The average Bonchev–Trinajstić information content (AvgIpc) is 2.45. The Labute approximate surface area is 110 Å². The summed E-state index contributed by atoms with van der Waals surface area (Å²) in [5.41, 5.74) is 8.10. The van der Waals surface area contributed by atoms with Gasteiger partial charge in [0.1, 0.15) is 0 Å². The molecule has 0 spiro atoms. The average molecular weight is 248 g/mol. The molecule has 1 aliphatic heterocycles. The van der Waals surface area contributed by atoms with Crippen LogP contribution in [-0.2, 0) is 4.74 Å². The summed E-state index contributed by atoms with van der Waals surface area (Å²) in [4.78, 5) is 4.55. The van der Waals surface area contributed by atoms with Gasteiger partial charge in [-0.05, 0) is 53.2 Å². The van der Waals surface area contributed by atoms with Crippen molar-refractivity contribution in [1.82, 2.24) is 4.98 Å². The molecular formula is C15H24N2O. The smallest absolute Gasteiger partial charge is 0.0681 e. The third-order valence-electron chi connectivity index (χ3n) is 3.83. The van der Waals surface area contributed by atoms with Crippen molar-refractivity contribution in [3.05, 3.63) is 29.6 Å². The molecule has 1 fully saturated rings. The summed E-state index contributed by atoms with van der Waals surface area (Å²) in [5, 5.41) is 0. The van der Waals surface area contributed by atoms with Gasteiger partial charge < -0.3 is 10.5 Å². The monoisotopic (exact) mass is 248 g/mol. The first-order valence-corrected chi connectivity index (χ1v) is 6.61. The number of ether oxygens (including phenoxy) is 1. The molecule has 18 heavy (non-hydrogen) atoms. The van der Waals surface area contributed by atoms with Crippen LogP contribution in [0.15, 0.2) is 18.2 Å². The van der Waals surface area contributed by atoms with Crippen molar-refractivity contribution in [3.63, 3.8) is 0 Å². The van der Waals surface area contributed by atoms with E-state index in [1.807, 2.05) is 25.1 Å². The van der Waals surface area contributed by atoms with Crippen LogP contribution >= 0.6 is 0 Å². The lowest BCUT2D eigenvalue weighted by molar-refractivity contribution is -0.0768. The Bertz CT molecular complexity index is 440. The molecule has 0 radical (unpaired) electrons. The Morgan fingerprint density at radius 1 is 1.33 bits per heavy atom. The molecule has 2 heterocycles. The van der Waals surface area contributed by atoms with Crippen molar-refractivity contribution >= 4 is 0 Å². The summed E-state index contributed by atoms with van der Waals surface area (Å²) < 4.78 is 6.11. The van der Waals surface area contributed by atoms with Gasteiger partial charge >= 0.3 is 0 Å². The van der Waals surface area contributed by atoms with Crippen LogP contribution in [0.25, 0.3) is 0 Å². The zero-order valence-electron chi connectivity index (χ0n) is 12.0. The second-order valence-electron chi connectivity index (χ2n) is 6.51. The lowest BCUT2D eigenvalue weighted by Crippen LogP contribution is -2.36. The highest BCUT2D eigenvalue weighted by molar-refractivity contribution is 5.16. The largest absolute Gasteiger partial charge is 0.369 e. The Balaban J connectivity index is 2.26. The van der Waals surface area contributed by atoms with Crippen LogP contribution in [0.4, 0.5) is 0 Å².